The molecule has 3 saturated carbocycles. The minimum absolute atomic E-state index is 0.0663. The summed E-state index contributed by atoms with van der Waals surface area (Å²) in [5, 5.41) is 10.9. The highest BCUT2D eigenvalue weighted by atomic mass is 16.5. The van der Waals surface area contributed by atoms with Gasteiger partial charge in [0.15, 0.2) is 0 Å². The van der Waals surface area contributed by atoms with Crippen LogP contribution in [0.4, 0.5) is 0 Å². The lowest BCUT2D eigenvalue weighted by atomic mass is 9.59. The Morgan fingerprint density at radius 2 is 2.09 bits per heavy atom. The van der Waals surface area contributed by atoms with Crippen LogP contribution in [0, 0.1) is 11.8 Å². The first-order valence-corrected chi connectivity index (χ1v) is 7.71. The maximum atomic E-state index is 12.1. The Kier molecular flexibility index (Phi) is 4.06. The third-order valence-corrected chi connectivity index (χ3v) is 5.08. The van der Waals surface area contributed by atoms with Crippen molar-refractivity contribution < 1.29 is 19.4 Å². The average Bonchev–Trinajstić information content (AvgIpc) is 2.55. The van der Waals surface area contributed by atoms with Crippen molar-refractivity contribution >= 4 is 5.78 Å². The minimum Gasteiger partial charge on any atom is -0.497 e. The molecule has 4 rings (SSSR count). The highest BCUT2D eigenvalue weighted by Crippen LogP contribution is 2.48. The Morgan fingerprint density at radius 3 is 2.68 bits per heavy atom. The summed E-state index contributed by atoms with van der Waals surface area (Å²) >= 11 is 0. The van der Waals surface area contributed by atoms with E-state index >= 15 is 0 Å². The van der Waals surface area contributed by atoms with Gasteiger partial charge in [0.2, 0.25) is 0 Å². The maximum Gasteiger partial charge on any atom is 0.139 e. The first kappa shape index (κ1) is 15.3. The van der Waals surface area contributed by atoms with Crippen molar-refractivity contribution in [3.8, 4) is 5.75 Å². The number of carbonyl (C=O) groups is 1. The number of hydrogen-bond acceptors (Lipinski definition) is 4. The molecule has 22 heavy (non-hydrogen) atoms. The summed E-state index contributed by atoms with van der Waals surface area (Å²) < 4.78 is 11.1. The van der Waals surface area contributed by atoms with Crippen LogP contribution < -0.4 is 4.74 Å². The minimum atomic E-state index is -1.09. The number of hydrogen-bond donors (Lipinski definition) is 1. The van der Waals surface area contributed by atoms with Crippen LogP contribution in [0.25, 0.3) is 0 Å². The van der Waals surface area contributed by atoms with Gasteiger partial charge >= 0.3 is 0 Å². The van der Waals surface area contributed by atoms with Crippen LogP contribution in [-0.4, -0.2) is 29.7 Å². The van der Waals surface area contributed by atoms with E-state index in [1.807, 2.05) is 24.3 Å². The summed E-state index contributed by atoms with van der Waals surface area (Å²) in [6, 6.07) is 7.59. The van der Waals surface area contributed by atoms with E-state index in [-0.39, 0.29) is 17.6 Å². The summed E-state index contributed by atoms with van der Waals surface area (Å²) in [6.45, 7) is 4.13. The van der Waals surface area contributed by atoms with E-state index in [1.165, 1.54) is 0 Å². The van der Waals surface area contributed by atoms with Crippen LogP contribution in [0.1, 0.15) is 24.8 Å². The highest BCUT2D eigenvalue weighted by Gasteiger charge is 2.56. The lowest BCUT2D eigenvalue weighted by molar-refractivity contribution is -0.190. The van der Waals surface area contributed by atoms with Gasteiger partial charge in [-0.05, 0) is 30.5 Å². The van der Waals surface area contributed by atoms with E-state index in [9.17, 15) is 9.90 Å². The fraction of sp³-hybridized carbons (Fsp3) is 0.500. The monoisotopic (exact) mass is 302 g/mol. The molecule has 2 bridgehead atoms. The average molecular weight is 302 g/mol. The first-order valence-electron chi connectivity index (χ1n) is 7.71. The first-order chi connectivity index (χ1) is 10.6. The van der Waals surface area contributed by atoms with Crippen molar-refractivity contribution in [2.75, 3.05) is 7.11 Å². The summed E-state index contributed by atoms with van der Waals surface area (Å²) in [7, 11) is 1.63. The lowest BCUT2D eigenvalue weighted by Crippen LogP contribution is -2.61. The zero-order valence-electron chi connectivity index (χ0n) is 12.8. The molecular formula is C18H22O4. The Morgan fingerprint density at radius 1 is 1.36 bits per heavy atom. The van der Waals surface area contributed by atoms with Crippen LogP contribution in [0.5, 0.6) is 5.75 Å². The van der Waals surface area contributed by atoms with E-state index in [2.05, 4.69) is 6.58 Å². The molecule has 1 aromatic carbocycles. The Labute approximate surface area is 130 Å². The van der Waals surface area contributed by atoms with Gasteiger partial charge in [0.05, 0.1) is 13.7 Å². The van der Waals surface area contributed by atoms with Gasteiger partial charge in [0.1, 0.15) is 23.2 Å². The number of rotatable bonds is 5. The van der Waals surface area contributed by atoms with Gasteiger partial charge in [-0.1, -0.05) is 18.2 Å². The van der Waals surface area contributed by atoms with Crippen LogP contribution in [0.15, 0.2) is 36.9 Å². The van der Waals surface area contributed by atoms with Crippen LogP contribution in [0.3, 0.4) is 0 Å². The number of fused-ring (bicyclic) bond motifs is 3. The fourth-order valence-corrected chi connectivity index (χ4v) is 3.75. The number of aliphatic hydroxyl groups is 1. The van der Waals surface area contributed by atoms with E-state index in [0.717, 1.165) is 24.2 Å². The zero-order valence-corrected chi connectivity index (χ0v) is 12.8. The van der Waals surface area contributed by atoms with Crippen molar-refractivity contribution in [2.24, 2.45) is 11.8 Å². The molecule has 4 atom stereocenters. The van der Waals surface area contributed by atoms with E-state index in [4.69, 9.17) is 9.47 Å². The normalized spacial score (nSPS) is 33.7. The quantitative estimate of drug-likeness (QED) is 0.849. The van der Waals surface area contributed by atoms with Crippen molar-refractivity contribution in [1.82, 2.24) is 0 Å². The molecule has 0 heterocycles. The molecule has 3 fully saturated rings. The summed E-state index contributed by atoms with van der Waals surface area (Å²) in [4.78, 5) is 12.1. The summed E-state index contributed by atoms with van der Waals surface area (Å²) in [5.74, 6) is 0.718. The molecule has 0 spiro atoms. The van der Waals surface area contributed by atoms with Crippen molar-refractivity contribution in [2.45, 2.75) is 37.6 Å². The molecule has 118 valence electrons. The third-order valence-electron chi connectivity index (χ3n) is 5.08. The summed E-state index contributed by atoms with van der Waals surface area (Å²) in [6.07, 6.45) is 3.17. The zero-order chi connectivity index (χ0) is 15.7. The predicted octanol–water partition coefficient (Wildman–Crippen LogP) is 2.50. The second-order valence-electron chi connectivity index (χ2n) is 6.22. The van der Waals surface area contributed by atoms with E-state index in [1.54, 1.807) is 13.2 Å². The standard InChI is InChI=1S/C18H22O4/c1-3-18(20)13-6-9-15(16(19)10-13)17(18)22-11-12-4-7-14(21-2)8-5-12/h3-5,7-8,13,15,17,20H,1,6,9-11H2,2H3/t13-,15+,17+,18-/m0/s1. The second kappa shape index (κ2) is 5.86. The molecule has 1 N–H and O–H groups in total. The summed E-state index contributed by atoms with van der Waals surface area (Å²) in [5.41, 5.74) is -0.107. The number of benzene rings is 1. The number of carbonyl (C=O) groups excluding carboxylic acids is 1. The van der Waals surface area contributed by atoms with Gasteiger partial charge in [0.25, 0.3) is 0 Å². The van der Waals surface area contributed by atoms with Crippen LogP contribution >= 0.6 is 0 Å². The number of ether oxygens (including phenoxy) is 2. The molecule has 0 amide bonds. The SMILES string of the molecule is C=C[C@]1(O)[C@H]2CC[C@H](C(=O)C2)[C@H]1OCc1ccc(OC)cc1. The molecule has 4 heteroatoms. The highest BCUT2D eigenvalue weighted by molar-refractivity contribution is 5.84. The maximum absolute atomic E-state index is 12.1. The van der Waals surface area contributed by atoms with Gasteiger partial charge in [0, 0.05) is 18.3 Å². The van der Waals surface area contributed by atoms with Gasteiger partial charge in [-0.3, -0.25) is 4.79 Å². The topological polar surface area (TPSA) is 55.8 Å². The number of ketones is 1. The van der Waals surface area contributed by atoms with Crippen molar-refractivity contribution in [3.63, 3.8) is 0 Å². The van der Waals surface area contributed by atoms with Gasteiger partial charge < -0.3 is 14.6 Å². The van der Waals surface area contributed by atoms with Crippen molar-refractivity contribution in [1.29, 1.82) is 0 Å². The molecule has 0 radical (unpaired) electrons. The fourth-order valence-electron chi connectivity index (χ4n) is 3.75. The van der Waals surface area contributed by atoms with E-state index in [0.29, 0.717) is 13.0 Å². The lowest BCUT2D eigenvalue weighted by Gasteiger charge is -2.51. The molecule has 0 aromatic heterocycles. The third kappa shape index (κ3) is 2.46. The smallest absolute Gasteiger partial charge is 0.139 e. The molecule has 4 nitrogen and oxygen atoms in total. The molecule has 3 aliphatic carbocycles. The second-order valence-corrected chi connectivity index (χ2v) is 6.22. The molecule has 0 unspecified atom stereocenters. The van der Waals surface area contributed by atoms with Gasteiger partial charge in [-0.2, -0.15) is 0 Å². The largest absolute Gasteiger partial charge is 0.497 e. The van der Waals surface area contributed by atoms with Crippen LogP contribution in [0.2, 0.25) is 0 Å². The number of Topliss-reactive ketones (excluding diaryl/α,β-unsaturated/α-hetero) is 1. The van der Waals surface area contributed by atoms with Crippen LogP contribution in [-0.2, 0) is 16.1 Å². The Bertz CT molecular complexity index is 565. The molecule has 0 aliphatic heterocycles. The van der Waals surface area contributed by atoms with Gasteiger partial charge in [-0.15, -0.1) is 6.58 Å². The number of methoxy groups -OCH3 is 1. The van der Waals surface area contributed by atoms with E-state index < -0.39 is 11.7 Å². The van der Waals surface area contributed by atoms with Crippen molar-refractivity contribution in [3.05, 3.63) is 42.5 Å². The molecule has 3 aliphatic rings. The molecule has 0 saturated heterocycles. The Hall–Kier alpha value is -1.65. The predicted molar refractivity (Wildman–Crippen MR) is 82.6 cm³/mol. The Balaban J connectivity index is 1.74. The molecular weight excluding hydrogens is 280 g/mol. The van der Waals surface area contributed by atoms with Gasteiger partial charge in [-0.25, -0.2) is 0 Å². The molecule has 1 aromatic rings.